The van der Waals surface area contributed by atoms with E-state index < -0.39 is 6.04 Å². The lowest BCUT2D eigenvalue weighted by Gasteiger charge is -2.33. The molecule has 3 atom stereocenters. The van der Waals surface area contributed by atoms with Crippen molar-refractivity contribution in [3.8, 4) is 5.75 Å². The summed E-state index contributed by atoms with van der Waals surface area (Å²) in [4.78, 5) is 12.6. The Kier molecular flexibility index (Phi) is 3.65. The molecule has 0 saturated carbocycles. The van der Waals surface area contributed by atoms with Crippen molar-refractivity contribution in [2.24, 2.45) is 5.92 Å². The van der Waals surface area contributed by atoms with Gasteiger partial charge < -0.3 is 9.47 Å². The summed E-state index contributed by atoms with van der Waals surface area (Å²) in [5, 5.41) is 4.18. The second kappa shape index (κ2) is 5.83. The summed E-state index contributed by atoms with van der Waals surface area (Å²) in [5.74, 6) is 0.669. The molecule has 4 rings (SSSR count). The highest BCUT2D eigenvalue weighted by atomic mass is 16.5. The molecule has 24 heavy (non-hydrogen) atoms. The number of carbonyl (C=O) groups is 1. The zero-order chi connectivity index (χ0) is 16.7. The van der Waals surface area contributed by atoms with Crippen molar-refractivity contribution in [1.82, 2.24) is 5.01 Å². The highest BCUT2D eigenvalue weighted by Gasteiger charge is 2.53. The Bertz CT molecular complexity index is 749. The number of hydrazine groups is 1. The predicted molar refractivity (Wildman–Crippen MR) is 90.7 cm³/mol. The Hall–Kier alpha value is -2.53. The van der Waals surface area contributed by atoms with E-state index in [1.165, 1.54) is 7.11 Å². The molecule has 2 aromatic carbocycles. The van der Waals surface area contributed by atoms with Crippen LogP contribution in [-0.4, -0.2) is 37.8 Å². The Morgan fingerprint density at radius 3 is 2.58 bits per heavy atom. The molecule has 0 aromatic heterocycles. The summed E-state index contributed by atoms with van der Waals surface area (Å²) >= 11 is 0. The van der Waals surface area contributed by atoms with Gasteiger partial charge in [-0.3, -0.25) is 5.01 Å². The third-order valence-corrected chi connectivity index (χ3v) is 4.95. The van der Waals surface area contributed by atoms with Gasteiger partial charge in [-0.05, 0) is 18.2 Å². The minimum atomic E-state index is -0.402. The van der Waals surface area contributed by atoms with Gasteiger partial charge >= 0.3 is 5.97 Å². The van der Waals surface area contributed by atoms with E-state index in [9.17, 15) is 4.79 Å². The molecule has 2 aliphatic heterocycles. The van der Waals surface area contributed by atoms with Crippen molar-refractivity contribution < 1.29 is 14.3 Å². The van der Waals surface area contributed by atoms with Gasteiger partial charge in [-0.1, -0.05) is 36.4 Å². The Morgan fingerprint density at radius 2 is 1.83 bits per heavy atom. The van der Waals surface area contributed by atoms with Crippen LogP contribution >= 0.6 is 0 Å². The quantitative estimate of drug-likeness (QED) is 0.795. The lowest BCUT2D eigenvalue weighted by atomic mass is 9.87. The number of carbonyl (C=O) groups excluding carboxylic acids is 1. The van der Waals surface area contributed by atoms with E-state index in [4.69, 9.17) is 9.47 Å². The number of anilines is 1. The second-order valence-corrected chi connectivity index (χ2v) is 6.18. The van der Waals surface area contributed by atoms with Gasteiger partial charge in [-0.2, -0.15) is 0 Å². The zero-order valence-corrected chi connectivity index (χ0v) is 13.8. The van der Waals surface area contributed by atoms with Crippen LogP contribution in [-0.2, 0) is 9.53 Å². The topological polar surface area (TPSA) is 42.0 Å². The maximum absolute atomic E-state index is 12.6. The van der Waals surface area contributed by atoms with Crippen LogP contribution in [0, 0.1) is 5.92 Å². The van der Waals surface area contributed by atoms with E-state index in [1.807, 2.05) is 60.6 Å². The van der Waals surface area contributed by atoms with Gasteiger partial charge in [0.2, 0.25) is 0 Å². The van der Waals surface area contributed by atoms with Crippen LogP contribution in [0.15, 0.2) is 54.6 Å². The Balaban J connectivity index is 1.82. The maximum atomic E-state index is 12.6. The predicted octanol–water partition coefficient (Wildman–Crippen LogP) is 2.64. The van der Waals surface area contributed by atoms with Crippen molar-refractivity contribution in [3.63, 3.8) is 0 Å². The number of nitrogens with zero attached hydrogens (tertiary/aromatic N) is 2. The minimum absolute atomic E-state index is 0.0116. The maximum Gasteiger partial charge on any atom is 0.330 e. The molecule has 0 radical (unpaired) electrons. The number of esters is 1. The molecule has 2 aliphatic rings. The van der Waals surface area contributed by atoms with Gasteiger partial charge in [0.15, 0.2) is 6.04 Å². The number of para-hydroxylation sites is 2. The first-order chi connectivity index (χ1) is 11.7. The molecule has 0 amide bonds. The summed E-state index contributed by atoms with van der Waals surface area (Å²) < 4.78 is 11.0. The number of rotatable bonds is 2. The SMILES string of the molecule is COC(=O)[C@H]1[C@@H]2COc3ccccc3[C@H]2N(C)N1c1ccccc1. The molecule has 124 valence electrons. The first kappa shape index (κ1) is 15.0. The number of benzene rings is 2. The molecule has 0 aliphatic carbocycles. The van der Waals surface area contributed by atoms with Crippen LogP contribution < -0.4 is 9.75 Å². The van der Waals surface area contributed by atoms with Crippen molar-refractivity contribution in [1.29, 1.82) is 0 Å². The Labute approximate surface area is 141 Å². The molecule has 0 spiro atoms. The van der Waals surface area contributed by atoms with Gasteiger partial charge in [0.1, 0.15) is 5.75 Å². The van der Waals surface area contributed by atoms with Crippen LogP contribution in [0.5, 0.6) is 5.75 Å². The van der Waals surface area contributed by atoms with Gasteiger partial charge in [-0.25, -0.2) is 9.80 Å². The summed E-state index contributed by atoms with van der Waals surface area (Å²) in [6.45, 7) is 0.495. The van der Waals surface area contributed by atoms with E-state index in [2.05, 4.69) is 11.1 Å². The largest absolute Gasteiger partial charge is 0.493 e. The fraction of sp³-hybridized carbons (Fsp3) is 0.316. The van der Waals surface area contributed by atoms with E-state index in [-0.39, 0.29) is 17.9 Å². The molecule has 0 unspecified atom stereocenters. The average Bonchev–Trinajstić information content (AvgIpc) is 2.95. The lowest BCUT2D eigenvalue weighted by molar-refractivity contribution is -0.143. The number of ether oxygens (including phenoxy) is 2. The van der Waals surface area contributed by atoms with Crippen LogP contribution in [0.1, 0.15) is 11.6 Å². The second-order valence-electron chi connectivity index (χ2n) is 6.18. The molecular formula is C19H20N2O3. The van der Waals surface area contributed by atoms with Gasteiger partial charge in [0.05, 0.1) is 25.4 Å². The first-order valence-electron chi connectivity index (χ1n) is 8.09. The fourth-order valence-corrected chi connectivity index (χ4v) is 3.94. The molecule has 0 bridgehead atoms. The van der Waals surface area contributed by atoms with Crippen molar-refractivity contribution in [2.75, 3.05) is 25.8 Å². The molecular weight excluding hydrogens is 304 g/mol. The van der Waals surface area contributed by atoms with Crippen molar-refractivity contribution in [2.45, 2.75) is 12.1 Å². The minimum Gasteiger partial charge on any atom is -0.493 e. The third-order valence-electron chi connectivity index (χ3n) is 4.95. The summed E-state index contributed by atoms with van der Waals surface area (Å²) in [6, 6.07) is 17.7. The van der Waals surface area contributed by atoms with E-state index in [0.29, 0.717) is 6.61 Å². The standard InChI is InChI=1S/C19H20N2O3/c1-20-17-14-10-6-7-11-16(14)24-12-15(17)18(19(22)23-2)21(20)13-8-4-3-5-9-13/h3-11,15,17-18H,12H2,1-2H3/t15-,17-,18-/m1/s1. The molecule has 5 nitrogen and oxygen atoms in total. The summed E-state index contributed by atoms with van der Waals surface area (Å²) in [5.41, 5.74) is 2.09. The summed E-state index contributed by atoms with van der Waals surface area (Å²) in [6.07, 6.45) is 0. The first-order valence-corrected chi connectivity index (χ1v) is 8.09. The number of hydrogen-bond acceptors (Lipinski definition) is 5. The van der Waals surface area contributed by atoms with E-state index >= 15 is 0 Å². The molecule has 5 heteroatoms. The van der Waals surface area contributed by atoms with Crippen LogP contribution in [0.2, 0.25) is 0 Å². The van der Waals surface area contributed by atoms with Crippen LogP contribution in [0.25, 0.3) is 0 Å². The summed E-state index contributed by atoms with van der Waals surface area (Å²) in [7, 11) is 3.46. The highest BCUT2D eigenvalue weighted by Crippen LogP contribution is 2.48. The third kappa shape index (κ3) is 2.16. The van der Waals surface area contributed by atoms with E-state index in [1.54, 1.807) is 0 Å². The molecule has 1 fully saturated rings. The van der Waals surface area contributed by atoms with Crippen LogP contribution in [0.3, 0.4) is 0 Å². The normalized spacial score (nSPS) is 25.6. The number of fused-ring (bicyclic) bond motifs is 3. The smallest absolute Gasteiger partial charge is 0.330 e. The molecule has 1 saturated heterocycles. The average molecular weight is 324 g/mol. The van der Waals surface area contributed by atoms with Crippen molar-refractivity contribution >= 4 is 11.7 Å². The molecule has 2 heterocycles. The van der Waals surface area contributed by atoms with Gasteiger partial charge in [-0.15, -0.1) is 0 Å². The fourth-order valence-electron chi connectivity index (χ4n) is 3.94. The Morgan fingerprint density at radius 1 is 1.12 bits per heavy atom. The van der Waals surface area contributed by atoms with E-state index in [0.717, 1.165) is 17.0 Å². The zero-order valence-electron chi connectivity index (χ0n) is 13.8. The van der Waals surface area contributed by atoms with Gasteiger partial charge in [0.25, 0.3) is 0 Å². The van der Waals surface area contributed by atoms with Gasteiger partial charge in [0, 0.05) is 18.5 Å². The highest BCUT2D eigenvalue weighted by molar-refractivity contribution is 5.81. The van der Waals surface area contributed by atoms with Crippen molar-refractivity contribution in [3.05, 3.63) is 60.2 Å². The monoisotopic (exact) mass is 324 g/mol. The number of hydrogen-bond donors (Lipinski definition) is 0. The lowest BCUT2D eigenvalue weighted by Crippen LogP contribution is -2.45. The van der Waals surface area contributed by atoms with Crippen LogP contribution in [0.4, 0.5) is 5.69 Å². The molecule has 2 aromatic rings. The molecule has 0 N–H and O–H groups in total. The number of methoxy groups -OCH3 is 1.